The lowest BCUT2D eigenvalue weighted by atomic mass is 9.91. The zero-order chi connectivity index (χ0) is 22.1. The van der Waals surface area contributed by atoms with Crippen LogP contribution < -0.4 is 19.0 Å². The van der Waals surface area contributed by atoms with E-state index in [9.17, 15) is 9.59 Å². The molecule has 0 radical (unpaired) electrons. The van der Waals surface area contributed by atoms with Crippen LogP contribution in [0.5, 0.6) is 17.2 Å². The van der Waals surface area contributed by atoms with Crippen LogP contribution >= 0.6 is 11.8 Å². The van der Waals surface area contributed by atoms with E-state index in [-0.39, 0.29) is 23.0 Å². The summed E-state index contributed by atoms with van der Waals surface area (Å²) in [7, 11) is 0. The predicted molar refractivity (Wildman–Crippen MR) is 116 cm³/mol. The summed E-state index contributed by atoms with van der Waals surface area (Å²) in [6.45, 7) is 9.25. The maximum atomic E-state index is 13.0. The number of halogens is 1. The third kappa shape index (κ3) is 4.40. The van der Waals surface area contributed by atoms with Crippen LogP contribution in [-0.2, 0) is 16.0 Å². The minimum absolute atomic E-state index is 0.0415. The highest BCUT2D eigenvalue weighted by molar-refractivity contribution is 6.15. The monoisotopic (exact) mass is 433 g/mol. The molecular weight excluding hydrogens is 406 g/mol. The van der Waals surface area contributed by atoms with Crippen molar-refractivity contribution in [3.63, 3.8) is 0 Å². The summed E-state index contributed by atoms with van der Waals surface area (Å²) in [5.74, 6) is 0.0381. The molecule has 3 rings (SSSR count). The molecule has 0 aliphatic carbocycles. The molecule has 1 heterocycles. The SMILES string of the molecule is CCC(C)C(NCl)C(=O)Oc1c(OC(C)=O)c2c(c3ccccc13)OC(C)(C)CC2. The maximum absolute atomic E-state index is 13.0. The molecule has 1 aliphatic heterocycles. The van der Waals surface area contributed by atoms with E-state index in [1.807, 2.05) is 52.0 Å². The van der Waals surface area contributed by atoms with Gasteiger partial charge in [0.25, 0.3) is 0 Å². The molecule has 0 saturated heterocycles. The van der Waals surface area contributed by atoms with Crippen LogP contribution in [0.3, 0.4) is 0 Å². The Labute approximate surface area is 181 Å². The largest absolute Gasteiger partial charge is 0.487 e. The fraction of sp³-hybridized carbons (Fsp3) is 0.478. The topological polar surface area (TPSA) is 73.9 Å². The van der Waals surface area contributed by atoms with Gasteiger partial charge in [-0.3, -0.25) is 4.79 Å². The molecule has 0 spiro atoms. The Kier molecular flexibility index (Phi) is 6.58. The van der Waals surface area contributed by atoms with Gasteiger partial charge in [-0.1, -0.05) is 44.5 Å². The van der Waals surface area contributed by atoms with Crippen LogP contribution in [0.15, 0.2) is 24.3 Å². The van der Waals surface area contributed by atoms with Gasteiger partial charge in [0.05, 0.1) is 0 Å². The average molecular weight is 434 g/mol. The lowest BCUT2D eigenvalue weighted by Gasteiger charge is -2.34. The Balaban J connectivity index is 2.20. The number of nitrogens with one attached hydrogen (secondary N) is 1. The van der Waals surface area contributed by atoms with E-state index in [0.29, 0.717) is 17.6 Å². The number of fused-ring (bicyclic) bond motifs is 3. The van der Waals surface area contributed by atoms with Crippen molar-refractivity contribution in [1.29, 1.82) is 0 Å². The van der Waals surface area contributed by atoms with E-state index in [1.165, 1.54) is 6.92 Å². The minimum atomic E-state index is -0.702. The molecule has 0 saturated carbocycles. The minimum Gasteiger partial charge on any atom is -0.487 e. The van der Waals surface area contributed by atoms with Gasteiger partial charge in [-0.15, -0.1) is 0 Å². The van der Waals surface area contributed by atoms with Crippen LogP contribution in [0.1, 0.15) is 53.0 Å². The van der Waals surface area contributed by atoms with Crippen LogP contribution in [-0.4, -0.2) is 23.6 Å². The van der Waals surface area contributed by atoms with Gasteiger partial charge in [0, 0.05) is 23.3 Å². The van der Waals surface area contributed by atoms with Gasteiger partial charge >= 0.3 is 11.9 Å². The van der Waals surface area contributed by atoms with Gasteiger partial charge in [-0.2, -0.15) is 0 Å². The number of esters is 2. The second-order valence-corrected chi connectivity index (χ2v) is 8.58. The van der Waals surface area contributed by atoms with E-state index in [1.54, 1.807) is 0 Å². The van der Waals surface area contributed by atoms with Gasteiger partial charge in [0.15, 0.2) is 11.5 Å². The Morgan fingerprint density at radius 2 is 1.87 bits per heavy atom. The second-order valence-electron chi connectivity index (χ2n) is 8.36. The maximum Gasteiger partial charge on any atom is 0.330 e. The van der Waals surface area contributed by atoms with E-state index in [2.05, 4.69) is 4.84 Å². The number of rotatable bonds is 6. The molecule has 1 aliphatic rings. The zero-order valence-electron chi connectivity index (χ0n) is 18.0. The first-order valence-corrected chi connectivity index (χ1v) is 10.6. The van der Waals surface area contributed by atoms with Crippen molar-refractivity contribution >= 4 is 34.5 Å². The fourth-order valence-corrected chi connectivity index (χ4v) is 3.94. The number of ether oxygens (including phenoxy) is 3. The van der Waals surface area contributed by atoms with E-state index in [4.69, 9.17) is 26.0 Å². The van der Waals surface area contributed by atoms with Crippen LogP contribution in [0.25, 0.3) is 10.8 Å². The van der Waals surface area contributed by atoms with Crippen LogP contribution in [0, 0.1) is 5.92 Å². The summed E-state index contributed by atoms with van der Waals surface area (Å²) < 4.78 is 17.7. The van der Waals surface area contributed by atoms with E-state index < -0.39 is 18.0 Å². The standard InChI is InChI=1S/C23H28ClNO5/c1-6-13(2)18(25-24)22(27)29-20-16-10-8-7-9-15(16)19-17(21(20)28-14(3)26)11-12-23(4,5)30-19/h7-10,13,18,25H,6,11-12H2,1-5H3. The first kappa shape index (κ1) is 22.4. The molecule has 6 nitrogen and oxygen atoms in total. The first-order valence-electron chi connectivity index (χ1n) is 10.2. The van der Waals surface area contributed by atoms with Gasteiger partial charge in [0.1, 0.15) is 17.4 Å². The third-order valence-electron chi connectivity index (χ3n) is 5.56. The third-order valence-corrected chi connectivity index (χ3v) is 5.79. The molecule has 2 aromatic carbocycles. The Morgan fingerprint density at radius 1 is 1.20 bits per heavy atom. The molecule has 2 atom stereocenters. The molecule has 0 aromatic heterocycles. The first-order chi connectivity index (χ1) is 14.2. The Morgan fingerprint density at radius 3 is 2.47 bits per heavy atom. The fourth-order valence-electron chi connectivity index (χ4n) is 3.64. The molecule has 7 heteroatoms. The average Bonchev–Trinajstić information content (AvgIpc) is 2.69. The summed E-state index contributed by atoms with van der Waals surface area (Å²) in [5, 5.41) is 1.44. The van der Waals surface area contributed by atoms with Crippen molar-refractivity contribution in [2.24, 2.45) is 5.92 Å². The van der Waals surface area contributed by atoms with Gasteiger partial charge in [-0.25, -0.2) is 9.63 Å². The quantitative estimate of drug-likeness (QED) is 0.395. The second kappa shape index (κ2) is 8.82. The summed E-state index contributed by atoms with van der Waals surface area (Å²) in [6.07, 6.45) is 2.10. The highest BCUT2D eigenvalue weighted by Crippen LogP contribution is 2.50. The number of benzene rings is 2. The summed E-state index contributed by atoms with van der Waals surface area (Å²) in [6, 6.07) is 6.77. The number of carbonyl (C=O) groups is 2. The number of carbonyl (C=O) groups excluding carboxylic acids is 2. The predicted octanol–water partition coefficient (Wildman–Crippen LogP) is 4.93. The van der Waals surface area contributed by atoms with Gasteiger partial charge in [0.2, 0.25) is 0 Å². The molecule has 30 heavy (non-hydrogen) atoms. The van der Waals surface area contributed by atoms with E-state index >= 15 is 0 Å². The van der Waals surface area contributed by atoms with Gasteiger partial charge < -0.3 is 14.2 Å². The smallest absolute Gasteiger partial charge is 0.330 e. The summed E-state index contributed by atoms with van der Waals surface area (Å²) in [4.78, 5) is 27.4. The highest BCUT2D eigenvalue weighted by Gasteiger charge is 2.35. The zero-order valence-corrected chi connectivity index (χ0v) is 18.8. The van der Waals surface area contributed by atoms with Crippen molar-refractivity contribution in [2.75, 3.05) is 0 Å². The molecule has 1 N–H and O–H groups in total. The number of hydrogen-bond acceptors (Lipinski definition) is 6. The molecule has 0 amide bonds. The molecular formula is C23H28ClNO5. The molecule has 0 fully saturated rings. The van der Waals surface area contributed by atoms with Crippen molar-refractivity contribution < 1.29 is 23.8 Å². The van der Waals surface area contributed by atoms with E-state index in [0.717, 1.165) is 23.8 Å². The Hall–Kier alpha value is -2.31. The highest BCUT2D eigenvalue weighted by atomic mass is 35.5. The number of hydrogen-bond donors (Lipinski definition) is 1. The Bertz CT molecular complexity index is 972. The summed E-state index contributed by atoms with van der Waals surface area (Å²) >= 11 is 5.84. The lowest BCUT2D eigenvalue weighted by Crippen LogP contribution is -2.40. The molecule has 2 aromatic rings. The molecule has 2 unspecified atom stereocenters. The lowest BCUT2D eigenvalue weighted by molar-refractivity contribution is -0.138. The summed E-state index contributed by atoms with van der Waals surface area (Å²) in [5.41, 5.74) is 0.371. The van der Waals surface area contributed by atoms with Crippen LogP contribution in [0.2, 0.25) is 0 Å². The van der Waals surface area contributed by atoms with Crippen LogP contribution in [0.4, 0.5) is 0 Å². The normalized spacial score (nSPS) is 16.9. The van der Waals surface area contributed by atoms with Crippen molar-refractivity contribution in [2.45, 2.75) is 65.5 Å². The molecule has 0 bridgehead atoms. The van der Waals surface area contributed by atoms with Gasteiger partial charge in [-0.05, 0) is 44.4 Å². The van der Waals surface area contributed by atoms with Crippen molar-refractivity contribution in [1.82, 2.24) is 4.84 Å². The molecule has 162 valence electrons. The van der Waals surface area contributed by atoms with Crippen molar-refractivity contribution in [3.8, 4) is 17.2 Å². The van der Waals surface area contributed by atoms with Crippen molar-refractivity contribution in [3.05, 3.63) is 29.8 Å².